The molecule has 0 aliphatic rings. The zero-order valence-corrected chi connectivity index (χ0v) is 34.1. The van der Waals surface area contributed by atoms with Crippen molar-refractivity contribution in [3.05, 3.63) is 113 Å². The highest BCUT2D eigenvalue weighted by Crippen LogP contribution is 2.43. The quantitative estimate of drug-likeness (QED) is 0.0438. The van der Waals surface area contributed by atoms with E-state index in [0.717, 1.165) is 12.1 Å². The number of hydrogen-bond acceptors (Lipinski definition) is 15. The van der Waals surface area contributed by atoms with Crippen molar-refractivity contribution in [3.63, 3.8) is 0 Å². The fourth-order valence-corrected chi connectivity index (χ4v) is 7.10. The molecule has 1 amide bonds. The number of carbonyl (C=O) groups excluding carboxylic acids is 1. The predicted octanol–water partition coefficient (Wildman–Crippen LogP) is 10.1. The maximum absolute atomic E-state index is 12.7. The molecule has 0 radical (unpaired) electrons. The first kappa shape index (κ1) is 42.5. The number of phenols is 1. The van der Waals surface area contributed by atoms with Crippen LogP contribution in [0, 0.1) is 20.8 Å². The van der Waals surface area contributed by atoms with Crippen LogP contribution < -0.4 is 20.5 Å². The van der Waals surface area contributed by atoms with E-state index >= 15 is 0 Å². The van der Waals surface area contributed by atoms with Crippen LogP contribution in [0.5, 0.6) is 17.2 Å². The van der Waals surface area contributed by atoms with E-state index in [1.54, 1.807) is 63.2 Å². The molecule has 0 spiro atoms. The number of nitrogens with one attached hydrogen (secondary N) is 1. The number of ether oxygens (including phenoxy) is 2. The summed E-state index contributed by atoms with van der Waals surface area (Å²) in [5, 5.41) is 39.5. The Morgan fingerprint density at radius 1 is 0.617 bits per heavy atom. The van der Waals surface area contributed by atoms with Gasteiger partial charge in [0.2, 0.25) is 0 Å². The second-order valence-corrected chi connectivity index (χ2v) is 16.0. The van der Waals surface area contributed by atoms with Crippen molar-refractivity contribution in [2.24, 2.45) is 30.7 Å². The summed E-state index contributed by atoms with van der Waals surface area (Å²) in [6, 6.07) is 22.2. The van der Waals surface area contributed by atoms with Crippen LogP contribution >= 0.6 is 0 Å². The van der Waals surface area contributed by atoms with E-state index in [-0.39, 0.29) is 28.0 Å². The minimum Gasteiger partial charge on any atom is -0.505 e. The molecule has 18 nitrogen and oxygen atoms in total. The number of nitrogen functional groups attached to an aromatic ring is 1. The van der Waals surface area contributed by atoms with Gasteiger partial charge in [0.25, 0.3) is 26.1 Å². The third-order valence-electron chi connectivity index (χ3n) is 9.01. The normalized spacial score (nSPS) is 12.2. The molecule has 0 unspecified atom stereocenters. The van der Waals surface area contributed by atoms with Crippen molar-refractivity contribution in [1.29, 1.82) is 0 Å². The molecule has 0 aromatic heterocycles. The molecule has 6 rings (SSSR count). The van der Waals surface area contributed by atoms with Crippen molar-refractivity contribution >= 4 is 82.4 Å². The lowest BCUT2D eigenvalue weighted by atomic mass is 10.1. The molecular weight excluding hydrogens is 817 g/mol. The number of rotatable bonds is 12. The smallest absolute Gasteiger partial charge is 0.296 e. The highest BCUT2D eigenvalue weighted by Gasteiger charge is 2.23. The van der Waals surface area contributed by atoms with Crippen LogP contribution in [0.15, 0.2) is 131 Å². The van der Waals surface area contributed by atoms with E-state index in [1.165, 1.54) is 50.6 Å². The lowest BCUT2D eigenvalue weighted by molar-refractivity contribution is 0.102. The molecule has 308 valence electrons. The van der Waals surface area contributed by atoms with Crippen molar-refractivity contribution < 1.29 is 45.3 Å². The summed E-state index contributed by atoms with van der Waals surface area (Å²) in [7, 11) is -6.80. The molecule has 0 atom stereocenters. The Hall–Kier alpha value is -7.13. The molecular formula is C40H36N8O10S2. The van der Waals surface area contributed by atoms with E-state index in [4.69, 9.17) is 15.2 Å². The van der Waals surface area contributed by atoms with Crippen LogP contribution in [0.3, 0.4) is 0 Å². The average molecular weight is 853 g/mol. The summed E-state index contributed by atoms with van der Waals surface area (Å²) < 4.78 is 79.3. The van der Waals surface area contributed by atoms with Crippen LogP contribution in [0.25, 0.3) is 10.8 Å². The van der Waals surface area contributed by atoms with Crippen LogP contribution in [0.1, 0.15) is 27.0 Å². The molecule has 0 saturated heterocycles. The van der Waals surface area contributed by atoms with Crippen molar-refractivity contribution in [2.75, 3.05) is 25.3 Å². The van der Waals surface area contributed by atoms with Crippen LogP contribution in [0.2, 0.25) is 0 Å². The number of nitrogens with two attached hydrogens (primary N) is 1. The fraction of sp³-hybridized carbons (Fsp3) is 0.125. The number of benzene rings is 6. The van der Waals surface area contributed by atoms with E-state index < -0.39 is 47.4 Å². The van der Waals surface area contributed by atoms with Gasteiger partial charge in [-0.25, -0.2) is 0 Å². The van der Waals surface area contributed by atoms with Crippen molar-refractivity contribution in [2.45, 2.75) is 30.6 Å². The van der Waals surface area contributed by atoms with Gasteiger partial charge >= 0.3 is 0 Å². The van der Waals surface area contributed by atoms with Gasteiger partial charge in [-0.1, -0.05) is 0 Å². The molecule has 6 aromatic carbocycles. The number of amides is 1. The Balaban J connectivity index is 1.26. The molecule has 0 fully saturated rings. The Morgan fingerprint density at radius 3 is 1.75 bits per heavy atom. The summed E-state index contributed by atoms with van der Waals surface area (Å²) in [6.45, 7) is 5.17. The first-order chi connectivity index (χ1) is 28.4. The lowest BCUT2D eigenvalue weighted by Gasteiger charge is -2.11. The van der Waals surface area contributed by atoms with Gasteiger partial charge in [-0.15, -0.1) is 15.3 Å². The molecule has 20 heteroatoms. The van der Waals surface area contributed by atoms with E-state index in [9.17, 15) is 35.8 Å². The van der Waals surface area contributed by atoms with Crippen LogP contribution in [0.4, 0.5) is 45.5 Å². The molecule has 6 N–H and O–H groups in total. The number of aryl methyl sites for hydroxylation is 3. The molecule has 0 saturated carbocycles. The molecule has 0 heterocycles. The lowest BCUT2D eigenvalue weighted by Crippen LogP contribution is -2.11. The Labute approximate surface area is 343 Å². The van der Waals surface area contributed by atoms with Gasteiger partial charge in [-0.05, 0) is 122 Å². The highest BCUT2D eigenvalue weighted by molar-refractivity contribution is 7.86. The number of carbonyl (C=O) groups is 1. The van der Waals surface area contributed by atoms with Gasteiger partial charge < -0.3 is 25.6 Å². The minimum atomic E-state index is -4.93. The number of aromatic hydroxyl groups is 1. The van der Waals surface area contributed by atoms with Crippen LogP contribution in [-0.4, -0.2) is 51.2 Å². The number of anilines is 2. The topological polar surface area (TPSA) is 277 Å². The van der Waals surface area contributed by atoms with Gasteiger partial charge in [0.1, 0.15) is 38.4 Å². The van der Waals surface area contributed by atoms with E-state index in [2.05, 4.69) is 36.0 Å². The van der Waals surface area contributed by atoms with Crippen LogP contribution in [-0.2, 0) is 20.2 Å². The largest absolute Gasteiger partial charge is 0.505 e. The van der Waals surface area contributed by atoms with Gasteiger partial charge in [0.05, 0.1) is 31.3 Å². The zero-order valence-electron chi connectivity index (χ0n) is 32.4. The molecule has 60 heavy (non-hydrogen) atoms. The summed E-state index contributed by atoms with van der Waals surface area (Å²) in [5.41, 5.74) is 9.32. The maximum Gasteiger partial charge on any atom is 0.296 e. The first-order valence-electron chi connectivity index (χ1n) is 17.5. The number of fused-ring (bicyclic) bond motifs is 1. The average Bonchev–Trinajstić information content (AvgIpc) is 3.19. The number of phenolic OH excluding ortho intramolecular Hbond substituents is 1. The van der Waals surface area contributed by atoms with E-state index in [0.29, 0.717) is 56.4 Å². The SMILES string of the molecule is COc1ccc(N=Nc2cc(OC)c(N=Nc3cc(C)c(N=Nc4c(S(=O)(=O)O)cc5cc(NC(=O)c6ccc(N)cc6)ccc5c4O)cc3C)cc2C)c(S(=O)(=O)O)c1. The summed E-state index contributed by atoms with van der Waals surface area (Å²) in [5.74, 6) is -0.549. The zero-order chi connectivity index (χ0) is 43.5. The summed E-state index contributed by atoms with van der Waals surface area (Å²) in [4.78, 5) is 11.6. The van der Waals surface area contributed by atoms with E-state index in [1.807, 2.05) is 0 Å². The number of methoxy groups -OCH3 is 2. The minimum absolute atomic E-state index is 0.115. The second-order valence-electron chi connectivity index (χ2n) is 13.2. The second kappa shape index (κ2) is 17.0. The Morgan fingerprint density at radius 2 is 1.17 bits per heavy atom. The first-order valence-corrected chi connectivity index (χ1v) is 20.4. The number of azo groups is 3. The van der Waals surface area contributed by atoms with Crippen molar-refractivity contribution in [3.8, 4) is 17.2 Å². The number of hydrogen-bond donors (Lipinski definition) is 5. The van der Waals surface area contributed by atoms with Gasteiger partial charge in [0.15, 0.2) is 5.75 Å². The molecule has 0 aliphatic carbocycles. The van der Waals surface area contributed by atoms with Gasteiger partial charge in [-0.2, -0.15) is 32.2 Å². The molecule has 0 bridgehead atoms. The summed E-state index contributed by atoms with van der Waals surface area (Å²) in [6.07, 6.45) is 0. The van der Waals surface area contributed by atoms with Gasteiger partial charge in [-0.3, -0.25) is 13.9 Å². The Bertz CT molecular complexity index is 3010. The third-order valence-corrected chi connectivity index (χ3v) is 10.8. The van der Waals surface area contributed by atoms with Gasteiger partial charge in [0, 0.05) is 34.5 Å². The standard InChI is InChI=1S/C40H36N8O10S2/c1-21-15-32(46-48-38-37(60(54,55)56)18-25-17-27(10-12-29(25)39(38)49)42-40(50)24-6-8-26(41)9-7-24)22(2)14-31(21)44-47-34-16-23(3)33(20-35(34)58-5)45-43-30-13-11-28(57-4)19-36(30)59(51,52)53/h6-20,49H,41H2,1-5H3,(H,42,50)(H,51,52,53)(H,54,55,56). The summed E-state index contributed by atoms with van der Waals surface area (Å²) >= 11 is 0. The fourth-order valence-electron chi connectivity index (χ4n) is 5.80. The number of nitrogens with zero attached hydrogens (tertiary/aromatic N) is 6. The van der Waals surface area contributed by atoms with Crippen molar-refractivity contribution in [1.82, 2.24) is 0 Å². The third kappa shape index (κ3) is 9.42. The molecule has 0 aliphatic heterocycles. The monoisotopic (exact) mass is 852 g/mol. The Kier molecular flexibility index (Phi) is 12.0. The highest BCUT2D eigenvalue weighted by atomic mass is 32.2. The molecule has 6 aromatic rings. The maximum atomic E-state index is 12.7. The predicted molar refractivity (Wildman–Crippen MR) is 223 cm³/mol.